The molecule has 6 heteroatoms. The van der Waals surface area contributed by atoms with E-state index < -0.39 is 0 Å². The average Bonchev–Trinajstić information content (AvgIpc) is 2.77. The van der Waals surface area contributed by atoms with Gasteiger partial charge in [0.1, 0.15) is 29.3 Å². The van der Waals surface area contributed by atoms with Crippen LogP contribution in [0.3, 0.4) is 0 Å². The summed E-state index contributed by atoms with van der Waals surface area (Å²) in [6.07, 6.45) is 3.25. The fraction of sp³-hybridized carbons (Fsp3) is 0.136. The van der Waals surface area contributed by atoms with Crippen molar-refractivity contribution in [3.8, 4) is 28.8 Å². The van der Waals surface area contributed by atoms with Gasteiger partial charge in [0.15, 0.2) is 11.6 Å². The van der Waals surface area contributed by atoms with Gasteiger partial charge in [0, 0.05) is 5.39 Å². The molecule has 0 aliphatic carbocycles. The van der Waals surface area contributed by atoms with Crippen LogP contribution in [0.15, 0.2) is 67.0 Å². The average molecular weight is 373 g/mol. The van der Waals surface area contributed by atoms with Gasteiger partial charge in [-0.2, -0.15) is 0 Å². The van der Waals surface area contributed by atoms with Crippen LogP contribution in [0.2, 0.25) is 0 Å². The van der Waals surface area contributed by atoms with Gasteiger partial charge in [-0.25, -0.2) is 15.0 Å². The number of ether oxygens (including phenoxy) is 3. The van der Waals surface area contributed by atoms with Gasteiger partial charge in [-0.1, -0.05) is 30.3 Å². The molecule has 0 unspecified atom stereocenters. The van der Waals surface area contributed by atoms with E-state index in [-0.39, 0.29) is 0 Å². The number of rotatable bonds is 6. The van der Waals surface area contributed by atoms with Crippen molar-refractivity contribution >= 4 is 10.9 Å². The molecule has 0 radical (unpaired) electrons. The fourth-order valence-corrected chi connectivity index (χ4v) is 2.84. The molecule has 0 spiro atoms. The zero-order valence-corrected chi connectivity index (χ0v) is 15.6. The first kappa shape index (κ1) is 17.7. The summed E-state index contributed by atoms with van der Waals surface area (Å²) in [7, 11) is 3.23. The normalized spacial score (nSPS) is 10.6. The second kappa shape index (κ2) is 7.92. The van der Waals surface area contributed by atoms with Gasteiger partial charge in [0.25, 0.3) is 0 Å². The maximum Gasteiger partial charge on any atom is 0.178 e. The fourth-order valence-electron chi connectivity index (χ4n) is 2.84. The molecule has 2 heterocycles. The summed E-state index contributed by atoms with van der Waals surface area (Å²) >= 11 is 0. The van der Waals surface area contributed by atoms with Crippen LogP contribution in [0, 0.1) is 0 Å². The van der Waals surface area contributed by atoms with Crippen LogP contribution in [-0.4, -0.2) is 29.2 Å². The van der Waals surface area contributed by atoms with E-state index in [0.29, 0.717) is 29.6 Å². The third kappa shape index (κ3) is 3.71. The lowest BCUT2D eigenvalue weighted by Gasteiger charge is -2.10. The van der Waals surface area contributed by atoms with Crippen molar-refractivity contribution in [2.45, 2.75) is 6.61 Å². The van der Waals surface area contributed by atoms with Crippen molar-refractivity contribution in [1.29, 1.82) is 0 Å². The molecule has 2 aromatic carbocycles. The second-order valence-electron chi connectivity index (χ2n) is 6.11. The Bertz CT molecular complexity index is 1100. The number of pyridine rings is 1. The number of hydrogen-bond donors (Lipinski definition) is 0. The van der Waals surface area contributed by atoms with E-state index in [2.05, 4.69) is 9.97 Å². The molecule has 0 bridgehead atoms. The van der Waals surface area contributed by atoms with Crippen LogP contribution in [0.5, 0.6) is 17.2 Å². The van der Waals surface area contributed by atoms with Gasteiger partial charge in [-0.15, -0.1) is 0 Å². The Hall–Kier alpha value is -3.67. The lowest BCUT2D eigenvalue weighted by Crippen LogP contribution is -1.98. The first-order valence-electron chi connectivity index (χ1n) is 8.79. The lowest BCUT2D eigenvalue weighted by atomic mass is 10.2. The molecule has 0 aliphatic heterocycles. The summed E-state index contributed by atoms with van der Waals surface area (Å²) in [5, 5.41) is 0.986. The Kier molecular flexibility index (Phi) is 5.01. The zero-order valence-electron chi connectivity index (χ0n) is 15.6. The van der Waals surface area contributed by atoms with Gasteiger partial charge in [0.05, 0.1) is 26.6 Å². The Morgan fingerprint density at radius 1 is 0.821 bits per heavy atom. The van der Waals surface area contributed by atoms with Crippen LogP contribution in [0.1, 0.15) is 5.56 Å². The highest BCUT2D eigenvalue weighted by Gasteiger charge is 2.09. The monoisotopic (exact) mass is 373 g/mol. The maximum absolute atomic E-state index is 6.05. The van der Waals surface area contributed by atoms with E-state index in [4.69, 9.17) is 19.2 Å². The Balaban J connectivity index is 1.64. The molecule has 0 atom stereocenters. The molecule has 0 aliphatic rings. The summed E-state index contributed by atoms with van der Waals surface area (Å²) in [5.41, 5.74) is 2.46. The van der Waals surface area contributed by atoms with E-state index >= 15 is 0 Å². The van der Waals surface area contributed by atoms with E-state index in [1.807, 2.05) is 54.6 Å². The molecule has 0 saturated carbocycles. The van der Waals surface area contributed by atoms with Gasteiger partial charge >= 0.3 is 0 Å². The highest BCUT2D eigenvalue weighted by atomic mass is 16.5. The Morgan fingerprint density at radius 3 is 2.39 bits per heavy atom. The molecule has 0 N–H and O–H groups in total. The summed E-state index contributed by atoms with van der Waals surface area (Å²) in [5.74, 6) is 2.64. The summed E-state index contributed by atoms with van der Waals surface area (Å²) < 4.78 is 16.4. The highest BCUT2D eigenvalue weighted by molar-refractivity contribution is 5.86. The maximum atomic E-state index is 6.05. The third-order valence-electron chi connectivity index (χ3n) is 4.30. The highest BCUT2D eigenvalue weighted by Crippen LogP contribution is 2.27. The quantitative estimate of drug-likeness (QED) is 0.502. The van der Waals surface area contributed by atoms with Crippen LogP contribution in [-0.2, 0) is 6.61 Å². The molecule has 0 amide bonds. The summed E-state index contributed by atoms with van der Waals surface area (Å²) in [6, 6.07) is 17.6. The lowest BCUT2D eigenvalue weighted by molar-refractivity contribution is 0.308. The topological polar surface area (TPSA) is 66.4 Å². The van der Waals surface area contributed by atoms with Crippen molar-refractivity contribution in [1.82, 2.24) is 15.0 Å². The Morgan fingerprint density at radius 2 is 1.61 bits per heavy atom. The van der Waals surface area contributed by atoms with Gasteiger partial charge in [-0.05, 0) is 29.8 Å². The number of benzene rings is 2. The minimum Gasteiger partial charge on any atom is -0.497 e. The van der Waals surface area contributed by atoms with Crippen LogP contribution < -0.4 is 14.2 Å². The molecular weight excluding hydrogens is 354 g/mol. The molecule has 2 aromatic heterocycles. The van der Waals surface area contributed by atoms with Gasteiger partial charge < -0.3 is 14.2 Å². The van der Waals surface area contributed by atoms with Crippen LogP contribution in [0.25, 0.3) is 22.4 Å². The zero-order chi connectivity index (χ0) is 19.3. The van der Waals surface area contributed by atoms with E-state index in [0.717, 1.165) is 22.2 Å². The molecule has 140 valence electrons. The second-order valence-corrected chi connectivity index (χ2v) is 6.11. The first-order chi connectivity index (χ1) is 13.8. The van der Waals surface area contributed by atoms with Crippen molar-refractivity contribution in [3.63, 3.8) is 0 Å². The summed E-state index contributed by atoms with van der Waals surface area (Å²) in [4.78, 5) is 13.4. The largest absolute Gasteiger partial charge is 0.497 e. The minimum absolute atomic E-state index is 0.418. The molecule has 4 rings (SSSR count). The number of aromatic nitrogens is 3. The molecular formula is C22H19N3O3. The van der Waals surface area contributed by atoms with Crippen molar-refractivity contribution in [2.24, 2.45) is 0 Å². The van der Waals surface area contributed by atoms with Gasteiger partial charge in [0.2, 0.25) is 0 Å². The number of para-hydroxylation sites is 1. The van der Waals surface area contributed by atoms with E-state index in [1.54, 1.807) is 26.6 Å². The number of hydrogen-bond acceptors (Lipinski definition) is 6. The standard InChI is InChI=1S/C22H19N3O3/c1-26-17-7-3-5-15(11-17)14-28-20-8-4-6-16-9-10-19(25-21(16)20)22-23-12-18(27-2)13-24-22/h3-13H,14H2,1-2H3. The molecule has 0 fully saturated rings. The van der Waals surface area contributed by atoms with Crippen molar-refractivity contribution < 1.29 is 14.2 Å². The van der Waals surface area contributed by atoms with Crippen LogP contribution >= 0.6 is 0 Å². The molecule has 28 heavy (non-hydrogen) atoms. The molecule has 4 aromatic rings. The van der Waals surface area contributed by atoms with E-state index in [1.165, 1.54) is 0 Å². The van der Waals surface area contributed by atoms with Crippen LogP contribution in [0.4, 0.5) is 0 Å². The molecule has 0 saturated heterocycles. The number of nitrogens with zero attached hydrogens (tertiary/aromatic N) is 3. The van der Waals surface area contributed by atoms with Gasteiger partial charge in [-0.3, -0.25) is 0 Å². The predicted molar refractivity (Wildman–Crippen MR) is 107 cm³/mol. The van der Waals surface area contributed by atoms with E-state index in [9.17, 15) is 0 Å². The van der Waals surface area contributed by atoms with Crippen molar-refractivity contribution in [3.05, 3.63) is 72.6 Å². The SMILES string of the molecule is COc1cnc(-c2ccc3cccc(OCc4cccc(OC)c4)c3n2)nc1. The van der Waals surface area contributed by atoms with Crippen molar-refractivity contribution in [2.75, 3.05) is 14.2 Å². The third-order valence-corrected chi connectivity index (χ3v) is 4.30. The first-order valence-corrected chi connectivity index (χ1v) is 8.79. The Labute approximate surface area is 162 Å². The predicted octanol–water partition coefficient (Wildman–Crippen LogP) is 4.29. The minimum atomic E-state index is 0.418. The molecule has 6 nitrogen and oxygen atoms in total. The smallest absolute Gasteiger partial charge is 0.178 e. The number of fused-ring (bicyclic) bond motifs is 1. The summed E-state index contributed by atoms with van der Waals surface area (Å²) in [6.45, 7) is 0.418. The number of methoxy groups -OCH3 is 2.